The van der Waals surface area contributed by atoms with Gasteiger partial charge in [-0.15, -0.1) is 0 Å². The monoisotopic (exact) mass is 439 g/mol. The lowest BCUT2D eigenvalue weighted by Crippen LogP contribution is -2.24. The first kappa shape index (κ1) is 18.9. The number of aromatic nitrogens is 3. The van der Waals surface area contributed by atoms with Crippen molar-refractivity contribution in [3.63, 3.8) is 0 Å². The molecule has 2 aromatic heterocycles. The van der Waals surface area contributed by atoms with Gasteiger partial charge in [0.15, 0.2) is 0 Å². The normalized spacial score (nSPS) is 11.0. The Balaban J connectivity index is 2.22. The number of alkyl halides is 2. The third kappa shape index (κ3) is 3.80. The SMILES string of the molecule is CCOC(=O)c1nn(-c2ccc(OC(F)F)nc2)c2cccc(Br)c2c1=O. The van der Waals surface area contributed by atoms with Crippen LogP contribution in [0.1, 0.15) is 17.4 Å². The summed E-state index contributed by atoms with van der Waals surface area (Å²) in [6.45, 7) is -1.31. The molecule has 0 aliphatic carbocycles. The first-order chi connectivity index (χ1) is 12.9. The molecule has 0 atom stereocenters. The number of pyridine rings is 1. The van der Waals surface area contributed by atoms with Crippen molar-refractivity contribution < 1.29 is 23.0 Å². The number of fused-ring (bicyclic) bond motifs is 1. The molecule has 1 aromatic carbocycles. The smallest absolute Gasteiger partial charge is 0.388 e. The van der Waals surface area contributed by atoms with Gasteiger partial charge in [-0.25, -0.2) is 14.5 Å². The maximum atomic E-state index is 12.7. The summed E-state index contributed by atoms with van der Waals surface area (Å²) in [5, 5.41) is 4.33. The number of rotatable bonds is 5. The molecule has 0 N–H and O–H groups in total. The Morgan fingerprint density at radius 3 is 2.70 bits per heavy atom. The largest absolute Gasteiger partial charge is 0.461 e. The van der Waals surface area contributed by atoms with Crippen molar-refractivity contribution in [3.05, 3.63) is 56.9 Å². The lowest BCUT2D eigenvalue weighted by Gasteiger charge is -2.13. The van der Waals surface area contributed by atoms with Gasteiger partial charge in [0.05, 0.1) is 29.4 Å². The number of esters is 1. The molecule has 0 aliphatic rings. The van der Waals surface area contributed by atoms with E-state index in [0.29, 0.717) is 15.7 Å². The third-order valence-electron chi connectivity index (χ3n) is 3.51. The van der Waals surface area contributed by atoms with E-state index in [1.807, 2.05) is 0 Å². The van der Waals surface area contributed by atoms with E-state index >= 15 is 0 Å². The van der Waals surface area contributed by atoms with Gasteiger partial charge in [-0.2, -0.15) is 13.9 Å². The standard InChI is InChI=1S/C17H12BrF2N3O4/c1-2-26-16(25)14-15(24)13-10(18)4-3-5-11(13)23(22-14)9-6-7-12(21-8-9)27-17(19)20/h3-8,17H,2H2,1H3. The molecular weight excluding hydrogens is 428 g/mol. The summed E-state index contributed by atoms with van der Waals surface area (Å²) in [5.74, 6) is -1.13. The van der Waals surface area contributed by atoms with Crippen LogP contribution < -0.4 is 10.2 Å². The molecule has 3 aromatic rings. The predicted octanol–water partition coefficient (Wildman–Crippen LogP) is 3.32. The van der Waals surface area contributed by atoms with Crippen LogP contribution in [0.25, 0.3) is 16.6 Å². The fourth-order valence-electron chi connectivity index (χ4n) is 2.42. The Kier molecular flexibility index (Phi) is 5.45. The lowest BCUT2D eigenvalue weighted by molar-refractivity contribution is -0.0528. The summed E-state index contributed by atoms with van der Waals surface area (Å²) in [6.07, 6.45) is 1.24. The molecule has 0 fully saturated rings. The van der Waals surface area contributed by atoms with Crippen LogP contribution in [0.15, 0.2) is 45.8 Å². The third-order valence-corrected chi connectivity index (χ3v) is 4.17. The number of benzene rings is 1. The van der Waals surface area contributed by atoms with Crippen molar-refractivity contribution in [2.75, 3.05) is 6.61 Å². The molecule has 0 spiro atoms. The number of ether oxygens (including phenoxy) is 2. The highest BCUT2D eigenvalue weighted by atomic mass is 79.9. The summed E-state index contributed by atoms with van der Waals surface area (Å²) in [7, 11) is 0. The van der Waals surface area contributed by atoms with Crippen LogP contribution in [-0.2, 0) is 4.74 Å². The van der Waals surface area contributed by atoms with Crippen LogP contribution in [0, 0.1) is 0 Å². The second kappa shape index (κ2) is 7.78. The van der Waals surface area contributed by atoms with E-state index in [1.54, 1.807) is 25.1 Å². The van der Waals surface area contributed by atoms with Gasteiger partial charge in [-0.05, 0) is 41.1 Å². The second-order valence-corrected chi connectivity index (χ2v) is 6.03. The van der Waals surface area contributed by atoms with E-state index in [9.17, 15) is 18.4 Å². The number of nitrogens with zero attached hydrogens (tertiary/aromatic N) is 3. The van der Waals surface area contributed by atoms with Gasteiger partial charge < -0.3 is 9.47 Å². The molecule has 7 nitrogen and oxygen atoms in total. The minimum Gasteiger partial charge on any atom is -0.461 e. The molecule has 3 rings (SSSR count). The average molecular weight is 440 g/mol. The number of carbonyl (C=O) groups excluding carboxylic acids is 1. The molecule has 2 heterocycles. The van der Waals surface area contributed by atoms with Gasteiger partial charge in [0.25, 0.3) is 0 Å². The van der Waals surface area contributed by atoms with E-state index in [-0.39, 0.29) is 17.9 Å². The van der Waals surface area contributed by atoms with E-state index in [4.69, 9.17) is 4.74 Å². The molecule has 0 amide bonds. The zero-order valence-electron chi connectivity index (χ0n) is 13.9. The van der Waals surface area contributed by atoms with Crippen molar-refractivity contribution >= 4 is 32.8 Å². The predicted molar refractivity (Wildman–Crippen MR) is 95.4 cm³/mol. The second-order valence-electron chi connectivity index (χ2n) is 5.18. The van der Waals surface area contributed by atoms with E-state index in [0.717, 1.165) is 0 Å². The Labute approximate surface area is 159 Å². The molecule has 10 heteroatoms. The number of carbonyl (C=O) groups is 1. The lowest BCUT2D eigenvalue weighted by atomic mass is 10.2. The van der Waals surface area contributed by atoms with Crippen LogP contribution >= 0.6 is 15.9 Å². The molecule has 0 saturated heterocycles. The van der Waals surface area contributed by atoms with Crippen molar-refractivity contribution in [2.45, 2.75) is 13.5 Å². The van der Waals surface area contributed by atoms with E-state index in [2.05, 4.69) is 30.7 Å². The van der Waals surface area contributed by atoms with E-state index < -0.39 is 23.7 Å². The minimum atomic E-state index is -3.00. The Morgan fingerprint density at radius 2 is 2.07 bits per heavy atom. The van der Waals surface area contributed by atoms with Crippen LogP contribution in [0.5, 0.6) is 5.88 Å². The van der Waals surface area contributed by atoms with Gasteiger partial charge in [-0.3, -0.25) is 4.79 Å². The number of hydrogen-bond donors (Lipinski definition) is 0. The summed E-state index contributed by atoms with van der Waals surface area (Å²) < 4.78 is 35.5. The van der Waals surface area contributed by atoms with Gasteiger partial charge in [0.2, 0.25) is 17.0 Å². The van der Waals surface area contributed by atoms with Crippen LogP contribution in [0.4, 0.5) is 8.78 Å². The summed E-state index contributed by atoms with van der Waals surface area (Å²) in [6, 6.07) is 7.64. The number of halogens is 3. The fraction of sp³-hybridized carbons (Fsp3) is 0.176. The summed E-state index contributed by atoms with van der Waals surface area (Å²) >= 11 is 3.30. The molecule has 0 aliphatic heterocycles. The zero-order chi connectivity index (χ0) is 19.6. The molecule has 0 saturated carbocycles. The van der Waals surface area contributed by atoms with Crippen LogP contribution in [-0.4, -0.2) is 34.0 Å². The molecule has 0 unspecified atom stereocenters. The van der Waals surface area contributed by atoms with Gasteiger partial charge in [0.1, 0.15) is 0 Å². The Hall–Kier alpha value is -2.88. The summed E-state index contributed by atoms with van der Waals surface area (Å²) in [5.41, 5.74) is -0.251. The molecule has 140 valence electrons. The molecule has 0 bridgehead atoms. The Morgan fingerprint density at radius 1 is 1.30 bits per heavy atom. The highest BCUT2D eigenvalue weighted by Gasteiger charge is 2.20. The highest BCUT2D eigenvalue weighted by molar-refractivity contribution is 9.10. The minimum absolute atomic E-state index is 0.0785. The summed E-state index contributed by atoms with van der Waals surface area (Å²) in [4.78, 5) is 28.6. The van der Waals surface area contributed by atoms with Crippen molar-refractivity contribution in [1.29, 1.82) is 0 Å². The first-order valence-electron chi connectivity index (χ1n) is 7.72. The molecule has 0 radical (unpaired) electrons. The van der Waals surface area contributed by atoms with Gasteiger partial charge >= 0.3 is 12.6 Å². The van der Waals surface area contributed by atoms with Gasteiger partial charge in [-0.1, -0.05) is 6.07 Å². The van der Waals surface area contributed by atoms with Crippen LogP contribution in [0.3, 0.4) is 0 Å². The van der Waals surface area contributed by atoms with Crippen molar-refractivity contribution in [1.82, 2.24) is 14.8 Å². The molecular formula is C17H12BrF2N3O4. The maximum absolute atomic E-state index is 12.7. The number of hydrogen-bond acceptors (Lipinski definition) is 6. The van der Waals surface area contributed by atoms with Crippen LogP contribution in [0.2, 0.25) is 0 Å². The van der Waals surface area contributed by atoms with Gasteiger partial charge in [0, 0.05) is 10.5 Å². The fourth-order valence-corrected chi connectivity index (χ4v) is 2.96. The quantitative estimate of drug-likeness (QED) is 0.567. The van der Waals surface area contributed by atoms with Crippen molar-refractivity contribution in [3.8, 4) is 11.6 Å². The highest BCUT2D eigenvalue weighted by Crippen LogP contribution is 2.23. The average Bonchev–Trinajstić information content (AvgIpc) is 2.62. The van der Waals surface area contributed by atoms with E-state index in [1.165, 1.54) is 23.0 Å². The molecule has 27 heavy (non-hydrogen) atoms. The van der Waals surface area contributed by atoms with Crippen molar-refractivity contribution in [2.24, 2.45) is 0 Å². The zero-order valence-corrected chi connectivity index (χ0v) is 15.4. The topological polar surface area (TPSA) is 83.3 Å². The first-order valence-corrected chi connectivity index (χ1v) is 8.51. The Bertz CT molecular complexity index is 1050. The maximum Gasteiger partial charge on any atom is 0.388 e.